The molecule has 1 unspecified atom stereocenters. The number of rotatable bonds is 5. The lowest BCUT2D eigenvalue weighted by atomic mass is 10.1. The van der Waals surface area contributed by atoms with Crippen molar-refractivity contribution in [3.05, 3.63) is 64.1 Å². The third kappa shape index (κ3) is 3.65. The van der Waals surface area contributed by atoms with E-state index in [1.54, 1.807) is 35.2 Å². The number of amides is 1. The minimum Gasteiger partial charge on any atom is -0.508 e. The molecule has 1 aliphatic rings. The molecule has 1 aromatic carbocycles. The van der Waals surface area contributed by atoms with E-state index in [9.17, 15) is 14.7 Å². The number of phenolic OH excluding ortho intramolecular Hbond substituents is 1. The smallest absolute Gasteiger partial charge is 0.260 e. The van der Waals surface area contributed by atoms with Crippen molar-refractivity contribution in [1.82, 2.24) is 9.88 Å². The molecule has 0 spiro atoms. The summed E-state index contributed by atoms with van der Waals surface area (Å²) in [5, 5.41) is 9.99. The van der Waals surface area contributed by atoms with Crippen molar-refractivity contribution < 1.29 is 14.6 Å². The summed E-state index contributed by atoms with van der Waals surface area (Å²) in [4.78, 5) is 28.9. The van der Waals surface area contributed by atoms with E-state index in [1.807, 2.05) is 0 Å². The fourth-order valence-corrected chi connectivity index (χ4v) is 2.86. The Morgan fingerprint density at radius 2 is 2.12 bits per heavy atom. The molecule has 2 heterocycles. The molecule has 2 aromatic rings. The highest BCUT2D eigenvalue weighted by atomic mass is 16.5. The number of benzene rings is 1. The third-order valence-electron chi connectivity index (χ3n) is 4.14. The van der Waals surface area contributed by atoms with Gasteiger partial charge in [0.1, 0.15) is 11.3 Å². The largest absolute Gasteiger partial charge is 0.508 e. The summed E-state index contributed by atoms with van der Waals surface area (Å²) in [6.07, 6.45) is 3.31. The van der Waals surface area contributed by atoms with Gasteiger partial charge in [-0.15, -0.1) is 0 Å². The maximum absolute atomic E-state index is 12.8. The first-order chi connectivity index (χ1) is 11.6. The van der Waals surface area contributed by atoms with Crippen LogP contribution < -0.4 is 5.56 Å². The monoisotopic (exact) mass is 328 g/mol. The van der Waals surface area contributed by atoms with E-state index in [0.29, 0.717) is 18.7 Å². The Balaban J connectivity index is 1.86. The Morgan fingerprint density at radius 1 is 1.29 bits per heavy atom. The van der Waals surface area contributed by atoms with Crippen molar-refractivity contribution in [2.45, 2.75) is 25.5 Å². The predicted molar refractivity (Wildman–Crippen MR) is 88.9 cm³/mol. The maximum atomic E-state index is 12.8. The number of pyridine rings is 1. The molecule has 24 heavy (non-hydrogen) atoms. The normalized spacial score (nSPS) is 16.9. The van der Waals surface area contributed by atoms with Crippen LogP contribution in [-0.2, 0) is 11.3 Å². The van der Waals surface area contributed by atoms with E-state index in [2.05, 4.69) is 4.98 Å². The van der Waals surface area contributed by atoms with Crippen molar-refractivity contribution in [2.75, 3.05) is 13.2 Å². The number of hydrogen-bond acceptors (Lipinski definition) is 4. The molecular formula is C18H20N2O4. The third-order valence-corrected chi connectivity index (χ3v) is 4.14. The molecule has 1 amide bonds. The van der Waals surface area contributed by atoms with E-state index < -0.39 is 5.56 Å². The molecule has 1 atom stereocenters. The summed E-state index contributed by atoms with van der Waals surface area (Å²) in [7, 11) is 0. The molecule has 0 radical (unpaired) electrons. The quantitative estimate of drug-likeness (QED) is 0.878. The van der Waals surface area contributed by atoms with Gasteiger partial charge in [0.2, 0.25) is 0 Å². The highest BCUT2D eigenvalue weighted by Crippen LogP contribution is 2.21. The Morgan fingerprint density at radius 3 is 2.83 bits per heavy atom. The zero-order valence-electron chi connectivity index (χ0n) is 13.3. The minimum absolute atomic E-state index is 0.0393. The van der Waals surface area contributed by atoms with Crippen molar-refractivity contribution in [2.24, 2.45) is 0 Å². The highest BCUT2D eigenvalue weighted by Gasteiger charge is 2.25. The lowest BCUT2D eigenvalue weighted by molar-refractivity contribution is 0.0504. The molecule has 6 heteroatoms. The van der Waals surface area contributed by atoms with Crippen LogP contribution in [0.15, 0.2) is 47.4 Å². The number of nitrogens with one attached hydrogen (secondary N) is 1. The van der Waals surface area contributed by atoms with Gasteiger partial charge in [0.15, 0.2) is 0 Å². The van der Waals surface area contributed by atoms with Crippen molar-refractivity contribution in [1.29, 1.82) is 0 Å². The summed E-state index contributed by atoms with van der Waals surface area (Å²) in [5.74, 6) is -0.236. The summed E-state index contributed by atoms with van der Waals surface area (Å²) in [5.41, 5.74) is 0.305. The van der Waals surface area contributed by atoms with Crippen LogP contribution in [-0.4, -0.2) is 40.2 Å². The Kier molecular flexibility index (Phi) is 4.96. The van der Waals surface area contributed by atoms with Crippen molar-refractivity contribution >= 4 is 5.91 Å². The number of aromatic nitrogens is 1. The molecule has 0 bridgehead atoms. The molecular weight excluding hydrogens is 308 g/mol. The standard InChI is InChI=1S/C18H20N2O4/c21-16-8-2-1-5-13(16)11-20(12-14-6-4-10-24-14)18(23)15-7-3-9-19-17(15)22/h1-3,5,7-9,14,21H,4,6,10-12H2,(H,19,22). The number of nitrogens with zero attached hydrogens (tertiary/aromatic N) is 1. The number of ether oxygens (including phenoxy) is 1. The van der Waals surface area contributed by atoms with Crippen LogP contribution in [0.3, 0.4) is 0 Å². The van der Waals surface area contributed by atoms with Gasteiger partial charge < -0.3 is 19.7 Å². The average Bonchev–Trinajstić information content (AvgIpc) is 3.09. The number of carbonyl (C=O) groups excluding carboxylic acids is 1. The van der Waals surface area contributed by atoms with E-state index in [4.69, 9.17) is 4.74 Å². The topological polar surface area (TPSA) is 82.6 Å². The van der Waals surface area contributed by atoms with Crippen LogP contribution >= 0.6 is 0 Å². The maximum Gasteiger partial charge on any atom is 0.260 e. The first-order valence-corrected chi connectivity index (χ1v) is 8.00. The van der Waals surface area contributed by atoms with Crippen molar-refractivity contribution in [3.63, 3.8) is 0 Å². The van der Waals surface area contributed by atoms with Crippen LogP contribution in [0.4, 0.5) is 0 Å². The predicted octanol–water partition coefficient (Wildman–Crippen LogP) is 1.90. The van der Waals surface area contributed by atoms with Gasteiger partial charge in [0.25, 0.3) is 11.5 Å². The Hall–Kier alpha value is -2.60. The first-order valence-electron chi connectivity index (χ1n) is 8.00. The average molecular weight is 328 g/mol. The van der Waals surface area contributed by atoms with Gasteiger partial charge in [0.05, 0.1) is 6.10 Å². The van der Waals surface area contributed by atoms with Crippen molar-refractivity contribution in [3.8, 4) is 5.75 Å². The minimum atomic E-state index is -0.419. The molecule has 1 aromatic heterocycles. The van der Waals surface area contributed by atoms with Gasteiger partial charge in [-0.05, 0) is 31.0 Å². The van der Waals surface area contributed by atoms with Crippen LogP contribution in [0.1, 0.15) is 28.8 Å². The van der Waals surface area contributed by atoms with Gasteiger partial charge >= 0.3 is 0 Å². The van der Waals surface area contributed by atoms with Crippen LogP contribution in [0, 0.1) is 0 Å². The second-order valence-electron chi connectivity index (χ2n) is 5.86. The van der Waals surface area contributed by atoms with Crippen LogP contribution in [0.2, 0.25) is 0 Å². The molecule has 3 rings (SSSR count). The van der Waals surface area contributed by atoms with Gasteiger partial charge in [-0.3, -0.25) is 9.59 Å². The SMILES string of the molecule is O=C(c1ccc[nH]c1=O)N(Cc1ccccc1O)CC1CCCO1. The summed E-state index contributed by atoms with van der Waals surface area (Å²) in [6.45, 7) is 1.30. The number of aromatic amines is 1. The molecule has 1 fully saturated rings. The van der Waals surface area contributed by atoms with Gasteiger partial charge in [-0.25, -0.2) is 0 Å². The fourth-order valence-electron chi connectivity index (χ4n) is 2.86. The van der Waals surface area contributed by atoms with Gasteiger partial charge in [-0.1, -0.05) is 18.2 Å². The molecule has 2 N–H and O–H groups in total. The van der Waals surface area contributed by atoms with E-state index >= 15 is 0 Å². The van der Waals surface area contributed by atoms with E-state index in [1.165, 1.54) is 12.3 Å². The van der Waals surface area contributed by atoms with E-state index in [-0.39, 0.29) is 29.9 Å². The van der Waals surface area contributed by atoms with E-state index in [0.717, 1.165) is 12.8 Å². The molecule has 0 saturated carbocycles. The Bertz CT molecular complexity index is 765. The van der Waals surface area contributed by atoms with Crippen LogP contribution in [0.25, 0.3) is 0 Å². The highest BCUT2D eigenvalue weighted by molar-refractivity contribution is 5.93. The number of para-hydroxylation sites is 1. The molecule has 1 saturated heterocycles. The fraction of sp³-hybridized carbons (Fsp3) is 0.333. The number of H-pyrrole nitrogens is 1. The van der Waals surface area contributed by atoms with Crippen LogP contribution in [0.5, 0.6) is 5.75 Å². The van der Waals surface area contributed by atoms with Gasteiger partial charge in [0, 0.05) is 31.5 Å². The number of aromatic hydroxyl groups is 1. The summed E-state index contributed by atoms with van der Waals surface area (Å²) in [6, 6.07) is 10.0. The zero-order valence-corrected chi connectivity index (χ0v) is 13.3. The summed E-state index contributed by atoms with van der Waals surface area (Å²) >= 11 is 0. The molecule has 0 aliphatic carbocycles. The molecule has 6 nitrogen and oxygen atoms in total. The first kappa shape index (κ1) is 16.3. The summed E-state index contributed by atoms with van der Waals surface area (Å²) < 4.78 is 5.63. The lowest BCUT2D eigenvalue weighted by Gasteiger charge is -2.25. The lowest BCUT2D eigenvalue weighted by Crippen LogP contribution is -2.39. The molecule has 1 aliphatic heterocycles. The number of hydrogen-bond donors (Lipinski definition) is 2. The molecule has 126 valence electrons. The number of carbonyl (C=O) groups is 1. The van der Waals surface area contributed by atoms with Gasteiger partial charge in [-0.2, -0.15) is 0 Å². The Labute approximate surface area is 139 Å². The zero-order chi connectivity index (χ0) is 16.9. The second kappa shape index (κ2) is 7.31. The second-order valence-corrected chi connectivity index (χ2v) is 5.86. The number of phenols is 1.